The van der Waals surface area contributed by atoms with Crippen LogP contribution in [0.3, 0.4) is 0 Å². The first-order valence-corrected chi connectivity index (χ1v) is 7.60. The van der Waals surface area contributed by atoms with Crippen molar-refractivity contribution in [2.24, 2.45) is 0 Å². The summed E-state index contributed by atoms with van der Waals surface area (Å²) in [6, 6.07) is 1.80. The largest absolute Gasteiger partial charge is 0.487 e. The van der Waals surface area contributed by atoms with E-state index >= 15 is 0 Å². The number of ether oxygens (including phenoxy) is 1. The maximum atomic E-state index is 12.2. The number of fused-ring (bicyclic) bond motifs is 3. The molecule has 21 heavy (non-hydrogen) atoms. The van der Waals surface area contributed by atoms with E-state index in [9.17, 15) is 4.79 Å². The minimum absolute atomic E-state index is 0.0633. The Hall–Kier alpha value is -1.68. The predicted molar refractivity (Wildman–Crippen MR) is 84.3 cm³/mol. The molecule has 0 amide bonds. The molecule has 0 bridgehead atoms. The van der Waals surface area contributed by atoms with Crippen molar-refractivity contribution in [1.29, 1.82) is 0 Å². The third-order valence-electron chi connectivity index (χ3n) is 3.81. The highest BCUT2D eigenvalue weighted by Gasteiger charge is 2.22. The van der Waals surface area contributed by atoms with Gasteiger partial charge in [-0.1, -0.05) is 11.6 Å². The summed E-state index contributed by atoms with van der Waals surface area (Å²) in [4.78, 5) is 12.2. The van der Waals surface area contributed by atoms with E-state index in [2.05, 4.69) is 0 Å². The first kappa shape index (κ1) is 14.3. The van der Waals surface area contributed by atoms with E-state index in [1.165, 1.54) is 0 Å². The Morgan fingerprint density at radius 1 is 1.29 bits per heavy atom. The topological polar surface area (TPSA) is 65.5 Å². The Labute approximate surface area is 127 Å². The summed E-state index contributed by atoms with van der Waals surface area (Å²) in [5, 5.41) is 1.29. The summed E-state index contributed by atoms with van der Waals surface area (Å²) in [6.45, 7) is 3.78. The molecule has 3 rings (SSSR count). The molecule has 1 heterocycles. The van der Waals surface area contributed by atoms with E-state index in [1.807, 2.05) is 13.8 Å². The molecular weight excluding hydrogens is 290 g/mol. The van der Waals surface area contributed by atoms with E-state index < -0.39 is 0 Å². The molecule has 0 atom stereocenters. The zero-order valence-electron chi connectivity index (χ0n) is 12.2. The summed E-state index contributed by atoms with van der Waals surface area (Å²) in [6.07, 6.45) is 3.63. The van der Waals surface area contributed by atoms with Crippen molar-refractivity contribution < 1.29 is 9.15 Å². The Bertz CT molecular complexity index is 764. The average molecular weight is 308 g/mol. The summed E-state index contributed by atoms with van der Waals surface area (Å²) in [7, 11) is 0. The van der Waals surface area contributed by atoms with Crippen molar-refractivity contribution in [3.63, 3.8) is 0 Å². The molecule has 0 unspecified atom stereocenters. The minimum atomic E-state index is -0.290. The SMILES string of the molecule is CC(C)Oc1c(Cl)cc2c3c(c(=O)oc2c1N)CCCC3. The van der Waals surface area contributed by atoms with Crippen molar-refractivity contribution in [2.45, 2.75) is 45.6 Å². The summed E-state index contributed by atoms with van der Waals surface area (Å²) < 4.78 is 11.1. The van der Waals surface area contributed by atoms with Crippen molar-refractivity contribution >= 4 is 28.3 Å². The van der Waals surface area contributed by atoms with Crippen molar-refractivity contribution in [3.05, 3.63) is 32.6 Å². The zero-order valence-corrected chi connectivity index (χ0v) is 12.9. The lowest BCUT2D eigenvalue weighted by Gasteiger charge is -2.19. The van der Waals surface area contributed by atoms with Gasteiger partial charge in [0.1, 0.15) is 5.69 Å². The number of anilines is 1. The lowest BCUT2D eigenvalue weighted by atomic mass is 9.90. The molecule has 0 fully saturated rings. The molecule has 5 heteroatoms. The van der Waals surface area contributed by atoms with Gasteiger partial charge in [0, 0.05) is 10.9 Å². The molecule has 0 saturated carbocycles. The number of hydrogen-bond donors (Lipinski definition) is 1. The molecule has 0 aliphatic heterocycles. The van der Waals surface area contributed by atoms with Crippen molar-refractivity contribution in [3.8, 4) is 5.75 Å². The lowest BCUT2D eigenvalue weighted by Crippen LogP contribution is -2.16. The molecule has 2 N–H and O–H groups in total. The van der Waals surface area contributed by atoms with E-state index in [1.54, 1.807) is 6.07 Å². The highest BCUT2D eigenvalue weighted by Crippen LogP contribution is 2.40. The van der Waals surface area contributed by atoms with Crippen LogP contribution in [0.5, 0.6) is 5.75 Å². The molecule has 1 aliphatic rings. The highest BCUT2D eigenvalue weighted by molar-refractivity contribution is 6.33. The number of hydrogen-bond acceptors (Lipinski definition) is 4. The average Bonchev–Trinajstić information content (AvgIpc) is 2.45. The second-order valence-electron chi connectivity index (χ2n) is 5.70. The highest BCUT2D eigenvalue weighted by atomic mass is 35.5. The van der Waals surface area contributed by atoms with Crippen LogP contribution in [-0.4, -0.2) is 6.10 Å². The lowest BCUT2D eigenvalue weighted by molar-refractivity contribution is 0.244. The van der Waals surface area contributed by atoms with Gasteiger partial charge >= 0.3 is 5.63 Å². The van der Waals surface area contributed by atoms with Gasteiger partial charge in [0.25, 0.3) is 0 Å². The van der Waals surface area contributed by atoms with Gasteiger partial charge < -0.3 is 14.9 Å². The van der Waals surface area contributed by atoms with Gasteiger partial charge in [0.2, 0.25) is 0 Å². The molecule has 112 valence electrons. The molecule has 1 aliphatic carbocycles. The maximum Gasteiger partial charge on any atom is 0.339 e. The molecule has 1 aromatic carbocycles. The van der Waals surface area contributed by atoms with Gasteiger partial charge in [-0.05, 0) is 51.2 Å². The summed E-state index contributed by atoms with van der Waals surface area (Å²) in [5.74, 6) is 0.387. The Balaban J connectivity index is 2.33. The quantitative estimate of drug-likeness (QED) is 0.678. The number of benzene rings is 1. The standard InChI is InChI=1S/C16H18ClNO3/c1-8(2)20-15-12(17)7-11-9-5-3-4-6-10(9)16(19)21-14(11)13(15)18/h7-8H,3-6,18H2,1-2H3. The smallest absolute Gasteiger partial charge is 0.339 e. The van der Waals surface area contributed by atoms with Gasteiger partial charge in [-0.25, -0.2) is 4.79 Å². The molecule has 0 saturated heterocycles. The molecule has 2 aromatic rings. The fraction of sp³-hybridized carbons (Fsp3) is 0.438. The summed E-state index contributed by atoms with van der Waals surface area (Å²) >= 11 is 6.31. The fourth-order valence-corrected chi connectivity index (χ4v) is 3.16. The van der Waals surface area contributed by atoms with Crippen LogP contribution in [0.1, 0.15) is 37.8 Å². The fourth-order valence-electron chi connectivity index (χ4n) is 2.91. The van der Waals surface area contributed by atoms with Crippen LogP contribution < -0.4 is 16.1 Å². The maximum absolute atomic E-state index is 12.2. The second kappa shape index (κ2) is 5.26. The van der Waals surface area contributed by atoms with Gasteiger partial charge in [-0.3, -0.25) is 0 Å². The van der Waals surface area contributed by atoms with Crippen molar-refractivity contribution in [1.82, 2.24) is 0 Å². The van der Waals surface area contributed by atoms with E-state index in [0.717, 1.165) is 42.2 Å². The van der Waals surface area contributed by atoms with Crippen LogP contribution in [0.2, 0.25) is 5.02 Å². The van der Waals surface area contributed by atoms with Gasteiger partial charge in [0.05, 0.1) is 11.1 Å². The minimum Gasteiger partial charge on any atom is -0.487 e. The molecule has 1 aromatic heterocycles. The number of rotatable bonds is 2. The normalized spacial score (nSPS) is 14.5. The molecule has 4 nitrogen and oxygen atoms in total. The Morgan fingerprint density at radius 2 is 1.95 bits per heavy atom. The molecule has 0 radical (unpaired) electrons. The van der Waals surface area contributed by atoms with Crippen LogP contribution in [0.4, 0.5) is 5.69 Å². The van der Waals surface area contributed by atoms with Gasteiger partial charge in [-0.2, -0.15) is 0 Å². The van der Waals surface area contributed by atoms with Crippen LogP contribution in [0.25, 0.3) is 11.0 Å². The van der Waals surface area contributed by atoms with Crippen LogP contribution in [-0.2, 0) is 12.8 Å². The first-order valence-electron chi connectivity index (χ1n) is 7.22. The Morgan fingerprint density at radius 3 is 2.62 bits per heavy atom. The van der Waals surface area contributed by atoms with Crippen molar-refractivity contribution in [2.75, 3.05) is 5.73 Å². The van der Waals surface area contributed by atoms with E-state index in [-0.39, 0.29) is 11.7 Å². The Kier molecular flexibility index (Phi) is 3.57. The predicted octanol–water partition coefficient (Wildman–Crippen LogP) is 3.69. The van der Waals surface area contributed by atoms with Gasteiger partial charge in [-0.15, -0.1) is 0 Å². The third-order valence-corrected chi connectivity index (χ3v) is 4.09. The number of nitrogen functional groups attached to an aromatic ring is 1. The van der Waals surface area contributed by atoms with Crippen LogP contribution in [0.15, 0.2) is 15.3 Å². The molecular formula is C16H18ClNO3. The van der Waals surface area contributed by atoms with E-state index in [0.29, 0.717) is 22.0 Å². The number of nitrogens with two attached hydrogens (primary N) is 1. The van der Waals surface area contributed by atoms with Crippen LogP contribution in [0, 0.1) is 0 Å². The monoisotopic (exact) mass is 307 g/mol. The van der Waals surface area contributed by atoms with Gasteiger partial charge in [0.15, 0.2) is 11.3 Å². The van der Waals surface area contributed by atoms with E-state index in [4.69, 9.17) is 26.5 Å². The zero-order chi connectivity index (χ0) is 15.1. The molecule has 0 spiro atoms. The third kappa shape index (κ3) is 2.38. The first-order chi connectivity index (χ1) is 9.99. The van der Waals surface area contributed by atoms with Crippen LogP contribution >= 0.6 is 11.6 Å². The number of aryl methyl sites for hydroxylation is 1. The summed E-state index contributed by atoms with van der Waals surface area (Å²) in [5.41, 5.74) is 8.32. The number of halogens is 1. The second-order valence-corrected chi connectivity index (χ2v) is 6.11.